The topological polar surface area (TPSA) is 308 Å². The minimum Gasteiger partial charge on any atom is -0.376 e. The van der Waals surface area contributed by atoms with Crippen molar-refractivity contribution in [2.45, 2.75) is 62.2 Å². The number of rotatable bonds is 16. The SMILES string of the molecule is COC1OC(CO[N+](=O)[O-])C(OC2OC(CO[N+](=O)[O-])C(OC)C(O[N+](=O)[O-])C2O[N+](=O)[O-])C(O[N+](=O)[O-])C1C. The van der Waals surface area contributed by atoms with E-state index in [4.69, 9.17) is 23.7 Å². The Balaban J connectivity index is 2.55. The third-order valence-electron chi connectivity index (χ3n) is 5.65. The molecule has 0 aromatic carbocycles. The van der Waals surface area contributed by atoms with Crippen molar-refractivity contribution in [2.24, 2.45) is 5.92 Å². The average Bonchev–Trinajstić information content (AvgIpc) is 2.85. The highest BCUT2D eigenvalue weighted by Gasteiger charge is 2.55. The second-order valence-corrected chi connectivity index (χ2v) is 7.90. The maximum Gasteiger partial charge on any atom is 0.295 e. The fourth-order valence-corrected chi connectivity index (χ4v) is 4.13. The van der Waals surface area contributed by atoms with Crippen molar-refractivity contribution < 1.29 is 73.3 Å². The summed E-state index contributed by atoms with van der Waals surface area (Å²) in [5.74, 6) is -1.06. The maximum absolute atomic E-state index is 11.3. The van der Waals surface area contributed by atoms with Gasteiger partial charge in [-0.2, -0.15) is 0 Å². The Morgan fingerprint density at radius 2 is 1.02 bits per heavy atom. The lowest BCUT2D eigenvalue weighted by Crippen LogP contribution is -2.65. The van der Waals surface area contributed by atoms with Gasteiger partial charge in [0.15, 0.2) is 24.8 Å². The molecule has 0 aromatic heterocycles. The summed E-state index contributed by atoms with van der Waals surface area (Å²) in [5, 5.41) is 48.8. The van der Waals surface area contributed by atoms with Crippen LogP contribution in [0.2, 0.25) is 0 Å². The molecule has 0 saturated carbocycles. The fraction of sp³-hybridized carbons (Fsp3) is 1.00. The molecule has 2 heterocycles. The zero-order chi connectivity index (χ0) is 30.1. The quantitative estimate of drug-likeness (QED) is 0.142. The molecule has 25 heteroatoms. The van der Waals surface area contributed by atoms with Crippen molar-refractivity contribution in [1.29, 1.82) is 0 Å². The number of ether oxygens (including phenoxy) is 5. The largest absolute Gasteiger partial charge is 0.376 e. The maximum atomic E-state index is 11.3. The van der Waals surface area contributed by atoms with Crippen molar-refractivity contribution in [3.63, 3.8) is 0 Å². The first kappa shape index (κ1) is 32.0. The van der Waals surface area contributed by atoms with Gasteiger partial charge in [-0.1, -0.05) is 6.92 Å². The molecule has 2 aliphatic heterocycles. The van der Waals surface area contributed by atoms with Crippen molar-refractivity contribution in [3.05, 3.63) is 50.6 Å². The molecule has 40 heavy (non-hydrogen) atoms. The van der Waals surface area contributed by atoms with Crippen LogP contribution in [0.1, 0.15) is 6.92 Å². The van der Waals surface area contributed by atoms with E-state index in [1.54, 1.807) is 0 Å². The molecule has 10 atom stereocenters. The standard InChI is InChI=1S/C15H23N5O20/c1-6-9(38-18(25)26)11(8(5-34-17(23)24)35-14(6)32-3)37-15-13(40-20(29)30)12(39-19(27)28)10(31-2)7(36-15)4-33-16(21)22/h6-15H,4-5H2,1-3H3. The minimum absolute atomic E-state index is 0.946. The number of hydrogen-bond donors (Lipinski definition) is 0. The highest BCUT2D eigenvalue weighted by Crippen LogP contribution is 2.35. The van der Waals surface area contributed by atoms with Gasteiger partial charge in [0.05, 0.1) is 0 Å². The Morgan fingerprint density at radius 3 is 1.48 bits per heavy atom. The Hall–Kier alpha value is -4.20. The summed E-state index contributed by atoms with van der Waals surface area (Å²) in [6, 6.07) is 0. The molecule has 2 rings (SSSR count). The van der Waals surface area contributed by atoms with E-state index in [0.29, 0.717) is 0 Å². The van der Waals surface area contributed by atoms with E-state index in [2.05, 4.69) is 24.2 Å². The van der Waals surface area contributed by atoms with Crippen LogP contribution >= 0.6 is 0 Å². The van der Waals surface area contributed by atoms with E-state index in [1.807, 2.05) is 0 Å². The van der Waals surface area contributed by atoms with Gasteiger partial charge in [-0.3, -0.25) is 0 Å². The second kappa shape index (κ2) is 14.3. The lowest BCUT2D eigenvalue weighted by atomic mass is 9.91. The third kappa shape index (κ3) is 8.40. The van der Waals surface area contributed by atoms with Crippen LogP contribution in [0.25, 0.3) is 0 Å². The second-order valence-electron chi connectivity index (χ2n) is 7.90. The van der Waals surface area contributed by atoms with E-state index in [9.17, 15) is 50.6 Å². The van der Waals surface area contributed by atoms with Crippen LogP contribution in [0, 0.1) is 56.5 Å². The molecule has 25 nitrogen and oxygen atoms in total. The molecular weight excluding hydrogens is 570 g/mol. The Bertz CT molecular complexity index is 925. The highest BCUT2D eigenvalue weighted by molar-refractivity contribution is 4.95. The van der Waals surface area contributed by atoms with Crippen LogP contribution in [0.3, 0.4) is 0 Å². The van der Waals surface area contributed by atoms with E-state index in [-0.39, 0.29) is 0 Å². The monoisotopic (exact) mass is 593 g/mol. The van der Waals surface area contributed by atoms with Crippen LogP contribution in [0.4, 0.5) is 0 Å². The summed E-state index contributed by atoms with van der Waals surface area (Å²) in [6.07, 6.45) is -16.1. The molecule has 2 aliphatic rings. The molecule has 0 bridgehead atoms. The Labute approximate surface area is 220 Å². The number of nitrogens with zero attached hydrogens (tertiary/aromatic N) is 5. The van der Waals surface area contributed by atoms with Gasteiger partial charge in [-0.05, 0) is 0 Å². The molecular formula is C15H23N5O20. The smallest absolute Gasteiger partial charge is 0.295 e. The molecule has 0 amide bonds. The van der Waals surface area contributed by atoms with Crippen LogP contribution in [0.15, 0.2) is 0 Å². The van der Waals surface area contributed by atoms with Gasteiger partial charge in [-0.15, -0.1) is 50.6 Å². The lowest BCUT2D eigenvalue weighted by molar-refractivity contribution is -0.808. The summed E-state index contributed by atoms with van der Waals surface area (Å²) in [5.41, 5.74) is 0. The van der Waals surface area contributed by atoms with Gasteiger partial charge in [0.1, 0.15) is 43.7 Å². The van der Waals surface area contributed by atoms with Gasteiger partial charge in [0.2, 0.25) is 0 Å². The van der Waals surface area contributed by atoms with Gasteiger partial charge >= 0.3 is 0 Å². The molecule has 0 radical (unpaired) electrons. The van der Waals surface area contributed by atoms with E-state index in [0.717, 1.165) is 14.2 Å². The fourth-order valence-electron chi connectivity index (χ4n) is 4.13. The Morgan fingerprint density at radius 1 is 0.575 bits per heavy atom. The molecule has 2 fully saturated rings. The molecule has 0 aromatic rings. The number of methoxy groups -OCH3 is 2. The summed E-state index contributed by atoms with van der Waals surface area (Å²) in [4.78, 5) is 77.4. The van der Waals surface area contributed by atoms with Crippen LogP contribution < -0.4 is 0 Å². The number of hydrogen-bond acceptors (Lipinski definition) is 20. The van der Waals surface area contributed by atoms with Crippen molar-refractivity contribution in [1.82, 2.24) is 0 Å². The molecule has 0 N–H and O–H groups in total. The molecule has 0 aliphatic carbocycles. The zero-order valence-corrected chi connectivity index (χ0v) is 20.6. The van der Waals surface area contributed by atoms with Crippen molar-refractivity contribution in [2.75, 3.05) is 27.4 Å². The van der Waals surface area contributed by atoms with Crippen LogP contribution in [0.5, 0.6) is 0 Å². The first-order valence-corrected chi connectivity index (χ1v) is 10.8. The first-order chi connectivity index (χ1) is 18.8. The van der Waals surface area contributed by atoms with Crippen molar-refractivity contribution >= 4 is 0 Å². The highest BCUT2D eigenvalue weighted by atomic mass is 17.0. The Kier molecular flexibility index (Phi) is 11.4. The molecule has 228 valence electrons. The van der Waals surface area contributed by atoms with E-state index in [1.165, 1.54) is 6.92 Å². The summed E-state index contributed by atoms with van der Waals surface area (Å²) < 4.78 is 26.8. The molecule has 10 unspecified atom stereocenters. The lowest BCUT2D eigenvalue weighted by Gasteiger charge is -2.48. The summed E-state index contributed by atoms with van der Waals surface area (Å²) in [6.45, 7) is -0.581. The van der Waals surface area contributed by atoms with Gasteiger partial charge in [0.25, 0.3) is 25.4 Å². The van der Waals surface area contributed by atoms with E-state index >= 15 is 0 Å². The predicted octanol–water partition coefficient (Wildman–Crippen LogP) is -1.73. The predicted molar refractivity (Wildman–Crippen MR) is 111 cm³/mol. The summed E-state index contributed by atoms with van der Waals surface area (Å²) >= 11 is 0. The van der Waals surface area contributed by atoms with Gasteiger partial charge in [0, 0.05) is 20.1 Å². The van der Waals surface area contributed by atoms with Crippen LogP contribution in [-0.2, 0) is 47.9 Å². The normalized spacial score (nSPS) is 33.7. The van der Waals surface area contributed by atoms with Crippen molar-refractivity contribution in [3.8, 4) is 0 Å². The summed E-state index contributed by atoms with van der Waals surface area (Å²) in [7, 11) is 2.11. The average molecular weight is 593 g/mol. The molecule has 0 spiro atoms. The first-order valence-electron chi connectivity index (χ1n) is 10.8. The zero-order valence-electron chi connectivity index (χ0n) is 20.6. The molecule has 2 saturated heterocycles. The van der Waals surface area contributed by atoms with Gasteiger partial charge < -0.3 is 47.9 Å². The van der Waals surface area contributed by atoms with Crippen LogP contribution in [-0.4, -0.2) is 108 Å². The van der Waals surface area contributed by atoms with E-state index < -0.39 is 99.9 Å². The minimum atomic E-state index is -2.19. The third-order valence-corrected chi connectivity index (χ3v) is 5.65. The van der Waals surface area contributed by atoms with Gasteiger partial charge in [-0.25, -0.2) is 0 Å².